The maximum atomic E-state index is 12.5. The Kier molecular flexibility index (Phi) is 4.38. The van der Waals surface area contributed by atoms with Crippen molar-refractivity contribution in [2.45, 2.75) is 58.5 Å². The monoisotopic (exact) mass is 289 g/mol. The number of aryl methyl sites for hydroxylation is 1. The molecule has 116 valence electrons. The molecule has 1 fully saturated rings. The minimum atomic E-state index is -0.124. The number of pyridine rings is 1. The lowest BCUT2D eigenvalue weighted by atomic mass is 9.87. The highest BCUT2D eigenvalue weighted by atomic mass is 16.1. The van der Waals surface area contributed by atoms with E-state index in [0.29, 0.717) is 5.56 Å². The van der Waals surface area contributed by atoms with E-state index in [1.807, 2.05) is 13.0 Å². The summed E-state index contributed by atoms with van der Waals surface area (Å²) in [4.78, 5) is 19.0. The number of likely N-dealkylation sites (tertiary alicyclic amines) is 1. The van der Waals surface area contributed by atoms with E-state index in [4.69, 9.17) is 0 Å². The third kappa shape index (κ3) is 3.82. The molecule has 0 aromatic carbocycles. The van der Waals surface area contributed by atoms with Crippen molar-refractivity contribution in [1.82, 2.24) is 15.2 Å². The Morgan fingerprint density at radius 2 is 1.95 bits per heavy atom. The smallest absolute Gasteiger partial charge is 0.253 e. The summed E-state index contributed by atoms with van der Waals surface area (Å²) < 4.78 is 0. The summed E-state index contributed by atoms with van der Waals surface area (Å²) in [6.07, 6.45) is 5.33. The van der Waals surface area contributed by atoms with Crippen LogP contribution in [0.5, 0.6) is 0 Å². The minimum Gasteiger partial charge on any atom is -0.347 e. The van der Waals surface area contributed by atoms with Crippen LogP contribution in [-0.2, 0) is 0 Å². The second-order valence-electron chi connectivity index (χ2n) is 7.36. The van der Waals surface area contributed by atoms with Gasteiger partial charge in [0.25, 0.3) is 5.91 Å². The molecule has 1 aromatic rings. The quantitative estimate of drug-likeness (QED) is 0.910. The van der Waals surface area contributed by atoms with E-state index in [2.05, 4.69) is 42.9 Å². The Morgan fingerprint density at radius 3 is 2.48 bits per heavy atom. The Balaban J connectivity index is 2.01. The summed E-state index contributed by atoms with van der Waals surface area (Å²) in [6, 6.07) is 1.87. The number of piperidine rings is 1. The van der Waals surface area contributed by atoms with Crippen molar-refractivity contribution in [3.63, 3.8) is 0 Å². The lowest BCUT2D eigenvalue weighted by molar-refractivity contribution is 0.0614. The third-order valence-electron chi connectivity index (χ3n) is 4.51. The summed E-state index contributed by atoms with van der Waals surface area (Å²) in [5.74, 6) is -0.00712. The molecule has 1 aromatic heterocycles. The molecule has 0 atom stereocenters. The van der Waals surface area contributed by atoms with Gasteiger partial charge in [-0.2, -0.15) is 0 Å². The largest absolute Gasteiger partial charge is 0.347 e. The van der Waals surface area contributed by atoms with E-state index < -0.39 is 0 Å². The van der Waals surface area contributed by atoms with Gasteiger partial charge < -0.3 is 5.32 Å². The van der Waals surface area contributed by atoms with Crippen LogP contribution < -0.4 is 5.32 Å². The van der Waals surface area contributed by atoms with Gasteiger partial charge >= 0.3 is 0 Å². The van der Waals surface area contributed by atoms with Gasteiger partial charge in [-0.1, -0.05) is 0 Å². The highest BCUT2D eigenvalue weighted by molar-refractivity contribution is 5.95. The summed E-state index contributed by atoms with van der Waals surface area (Å²) in [7, 11) is 0. The first-order chi connectivity index (χ1) is 9.71. The summed E-state index contributed by atoms with van der Waals surface area (Å²) in [6.45, 7) is 12.9. The molecule has 1 saturated heterocycles. The standard InChI is InChI=1S/C17H27N3O/c1-13-6-9-18-12-14(13)15(21)19-17(5)7-10-20(11-8-17)16(2,3)4/h6,9,12H,7-8,10-11H2,1-5H3,(H,19,21). The fraction of sp³-hybridized carbons (Fsp3) is 0.647. The van der Waals surface area contributed by atoms with E-state index in [0.717, 1.165) is 31.5 Å². The van der Waals surface area contributed by atoms with Crippen molar-refractivity contribution < 1.29 is 4.79 Å². The average molecular weight is 289 g/mol. The predicted molar refractivity (Wildman–Crippen MR) is 85.4 cm³/mol. The van der Waals surface area contributed by atoms with Crippen molar-refractivity contribution in [3.8, 4) is 0 Å². The zero-order valence-electron chi connectivity index (χ0n) is 13.9. The van der Waals surface area contributed by atoms with Crippen molar-refractivity contribution >= 4 is 5.91 Å². The molecule has 0 saturated carbocycles. The minimum absolute atomic E-state index is 0.00712. The second kappa shape index (κ2) is 5.76. The summed E-state index contributed by atoms with van der Waals surface area (Å²) in [5.41, 5.74) is 1.72. The van der Waals surface area contributed by atoms with Crippen LogP contribution >= 0.6 is 0 Å². The van der Waals surface area contributed by atoms with Crippen LogP contribution in [0.4, 0.5) is 0 Å². The van der Waals surface area contributed by atoms with Gasteiger partial charge in [-0.25, -0.2) is 0 Å². The van der Waals surface area contributed by atoms with Crippen LogP contribution in [0.2, 0.25) is 0 Å². The first-order valence-corrected chi connectivity index (χ1v) is 7.69. The molecular formula is C17H27N3O. The van der Waals surface area contributed by atoms with Crippen molar-refractivity contribution in [1.29, 1.82) is 0 Å². The van der Waals surface area contributed by atoms with Crippen LogP contribution in [0.3, 0.4) is 0 Å². The fourth-order valence-electron chi connectivity index (χ4n) is 2.84. The van der Waals surface area contributed by atoms with Gasteiger partial charge in [0.05, 0.1) is 5.56 Å². The molecule has 1 aliphatic heterocycles. The molecule has 0 aliphatic carbocycles. The first-order valence-electron chi connectivity index (χ1n) is 7.69. The van der Waals surface area contributed by atoms with E-state index in [1.54, 1.807) is 12.4 Å². The van der Waals surface area contributed by atoms with Gasteiger partial charge in [-0.3, -0.25) is 14.7 Å². The van der Waals surface area contributed by atoms with Crippen molar-refractivity contribution in [2.24, 2.45) is 0 Å². The lowest BCUT2D eigenvalue weighted by Gasteiger charge is -2.45. The normalized spacial score (nSPS) is 19.3. The average Bonchev–Trinajstić information content (AvgIpc) is 2.38. The Bertz CT molecular complexity index is 511. The molecule has 1 N–H and O–H groups in total. The third-order valence-corrected chi connectivity index (χ3v) is 4.51. The number of amides is 1. The Hall–Kier alpha value is -1.42. The van der Waals surface area contributed by atoms with Gasteiger partial charge in [-0.15, -0.1) is 0 Å². The SMILES string of the molecule is Cc1ccncc1C(=O)NC1(C)CCN(C(C)(C)C)CC1. The number of carbonyl (C=O) groups is 1. The number of hydrogen-bond donors (Lipinski definition) is 1. The zero-order chi connectivity index (χ0) is 15.7. The topological polar surface area (TPSA) is 45.2 Å². The predicted octanol–water partition coefficient (Wildman–Crippen LogP) is 2.77. The zero-order valence-corrected chi connectivity index (χ0v) is 13.9. The molecule has 4 heteroatoms. The number of carbonyl (C=O) groups excluding carboxylic acids is 1. The molecule has 4 nitrogen and oxygen atoms in total. The second-order valence-corrected chi connectivity index (χ2v) is 7.36. The van der Waals surface area contributed by atoms with Crippen molar-refractivity contribution in [3.05, 3.63) is 29.6 Å². The highest BCUT2D eigenvalue weighted by Crippen LogP contribution is 2.27. The summed E-state index contributed by atoms with van der Waals surface area (Å²) in [5, 5.41) is 3.22. The van der Waals surface area contributed by atoms with Crippen LogP contribution in [0.25, 0.3) is 0 Å². The molecule has 0 bridgehead atoms. The van der Waals surface area contributed by atoms with Crippen LogP contribution in [-0.4, -0.2) is 40.0 Å². The van der Waals surface area contributed by atoms with Crippen LogP contribution in [0.15, 0.2) is 18.5 Å². The summed E-state index contributed by atoms with van der Waals surface area (Å²) >= 11 is 0. The lowest BCUT2D eigenvalue weighted by Crippen LogP contribution is -2.56. The van der Waals surface area contributed by atoms with Gasteiger partial charge in [-0.05, 0) is 59.1 Å². The highest BCUT2D eigenvalue weighted by Gasteiger charge is 2.35. The van der Waals surface area contributed by atoms with E-state index in [1.165, 1.54) is 0 Å². The fourth-order valence-corrected chi connectivity index (χ4v) is 2.84. The molecule has 0 radical (unpaired) electrons. The van der Waals surface area contributed by atoms with Gasteiger partial charge in [0.1, 0.15) is 0 Å². The molecular weight excluding hydrogens is 262 g/mol. The molecule has 1 amide bonds. The molecule has 1 aliphatic rings. The van der Waals surface area contributed by atoms with E-state index in [9.17, 15) is 4.79 Å². The molecule has 0 spiro atoms. The van der Waals surface area contributed by atoms with E-state index >= 15 is 0 Å². The van der Waals surface area contributed by atoms with Gasteiger partial charge in [0.2, 0.25) is 0 Å². The maximum absolute atomic E-state index is 12.5. The Labute approximate surface area is 127 Å². The number of hydrogen-bond acceptors (Lipinski definition) is 3. The van der Waals surface area contributed by atoms with Gasteiger partial charge in [0, 0.05) is 36.6 Å². The molecule has 0 unspecified atom stereocenters. The first kappa shape index (κ1) is 16.0. The number of rotatable bonds is 2. The van der Waals surface area contributed by atoms with Gasteiger partial charge in [0.15, 0.2) is 0 Å². The molecule has 21 heavy (non-hydrogen) atoms. The number of aromatic nitrogens is 1. The number of nitrogens with zero attached hydrogens (tertiary/aromatic N) is 2. The van der Waals surface area contributed by atoms with Crippen LogP contribution in [0, 0.1) is 6.92 Å². The molecule has 2 heterocycles. The van der Waals surface area contributed by atoms with E-state index in [-0.39, 0.29) is 17.0 Å². The number of nitrogens with one attached hydrogen (secondary N) is 1. The maximum Gasteiger partial charge on any atom is 0.253 e. The Morgan fingerprint density at radius 1 is 1.33 bits per heavy atom. The van der Waals surface area contributed by atoms with Crippen LogP contribution in [0.1, 0.15) is 56.5 Å². The van der Waals surface area contributed by atoms with Crippen molar-refractivity contribution in [2.75, 3.05) is 13.1 Å². The molecule has 2 rings (SSSR count).